The summed E-state index contributed by atoms with van der Waals surface area (Å²) >= 11 is 3.17. The molecule has 68 valence electrons. The van der Waals surface area contributed by atoms with Gasteiger partial charge in [0.1, 0.15) is 0 Å². The lowest BCUT2D eigenvalue weighted by atomic mass is 10.2. The largest absolute Gasteiger partial charge is 0.356 e. The fraction of sp³-hybridized carbons (Fsp3) is 0.111. The number of aromatic amines is 1. The molecule has 1 N–H and O–H groups in total. The average Bonchev–Trinajstić information content (AvgIpc) is 2.44. The fourth-order valence-electron chi connectivity index (χ4n) is 1.32. The third-order valence-electron chi connectivity index (χ3n) is 1.89. The molecule has 2 rings (SSSR count). The van der Waals surface area contributed by atoms with Gasteiger partial charge >= 0.3 is 0 Å². The van der Waals surface area contributed by atoms with E-state index >= 15 is 0 Å². The number of fused-ring (bicyclic) bond motifs is 1. The monoisotopic (exact) mass is 245 g/mol. The molecule has 1 heterocycles. The van der Waals surface area contributed by atoms with Crippen LogP contribution in [0.1, 0.15) is 5.69 Å². The van der Waals surface area contributed by atoms with Gasteiger partial charge in [0, 0.05) is 15.6 Å². The van der Waals surface area contributed by atoms with Crippen molar-refractivity contribution in [2.75, 3.05) is 0 Å². The van der Waals surface area contributed by atoms with Gasteiger partial charge in [-0.1, -0.05) is 0 Å². The number of aromatic nitrogens is 1. The summed E-state index contributed by atoms with van der Waals surface area (Å²) < 4.78 is 26.6. The molecular formula is C9H6BrF2N. The molecule has 0 aliphatic rings. The molecule has 0 radical (unpaired) electrons. The maximum atomic E-state index is 13.2. The first-order valence-corrected chi connectivity index (χ1v) is 4.51. The molecule has 0 bridgehead atoms. The van der Waals surface area contributed by atoms with E-state index < -0.39 is 11.6 Å². The second-order valence-electron chi connectivity index (χ2n) is 2.90. The van der Waals surface area contributed by atoms with Crippen LogP contribution >= 0.6 is 15.9 Å². The summed E-state index contributed by atoms with van der Waals surface area (Å²) in [6.07, 6.45) is 0. The van der Waals surface area contributed by atoms with Crippen LogP contribution in [0.25, 0.3) is 10.9 Å². The quantitative estimate of drug-likeness (QED) is 0.684. The Kier molecular flexibility index (Phi) is 1.87. The topological polar surface area (TPSA) is 15.8 Å². The van der Waals surface area contributed by atoms with Crippen molar-refractivity contribution in [2.45, 2.75) is 6.92 Å². The van der Waals surface area contributed by atoms with Crippen molar-refractivity contribution < 1.29 is 8.78 Å². The highest BCUT2D eigenvalue weighted by Crippen LogP contribution is 2.28. The summed E-state index contributed by atoms with van der Waals surface area (Å²) in [7, 11) is 0. The Bertz CT molecular complexity index is 476. The van der Waals surface area contributed by atoms with E-state index in [1.807, 2.05) is 0 Å². The Morgan fingerprint density at radius 2 is 2.00 bits per heavy atom. The van der Waals surface area contributed by atoms with Crippen LogP contribution in [0, 0.1) is 18.6 Å². The van der Waals surface area contributed by atoms with E-state index in [0.29, 0.717) is 9.86 Å². The van der Waals surface area contributed by atoms with Crippen molar-refractivity contribution in [1.29, 1.82) is 0 Å². The van der Waals surface area contributed by atoms with Crippen molar-refractivity contribution >= 4 is 26.8 Å². The average molecular weight is 246 g/mol. The summed E-state index contributed by atoms with van der Waals surface area (Å²) in [6, 6.07) is 2.90. The van der Waals surface area contributed by atoms with Gasteiger partial charge in [0.2, 0.25) is 0 Å². The summed E-state index contributed by atoms with van der Waals surface area (Å²) in [6.45, 7) is 1.80. The van der Waals surface area contributed by atoms with Crippen molar-refractivity contribution in [3.05, 3.63) is 33.9 Å². The molecular weight excluding hydrogens is 240 g/mol. The van der Waals surface area contributed by atoms with E-state index in [9.17, 15) is 8.78 Å². The normalized spacial score (nSPS) is 11.1. The maximum absolute atomic E-state index is 13.2. The van der Waals surface area contributed by atoms with E-state index in [-0.39, 0.29) is 5.52 Å². The molecule has 2 aromatic rings. The van der Waals surface area contributed by atoms with Gasteiger partial charge in [0.25, 0.3) is 0 Å². The van der Waals surface area contributed by atoms with Crippen molar-refractivity contribution in [3.63, 3.8) is 0 Å². The second kappa shape index (κ2) is 2.80. The number of H-pyrrole nitrogens is 1. The number of benzene rings is 1. The van der Waals surface area contributed by atoms with Crippen LogP contribution in [0.2, 0.25) is 0 Å². The van der Waals surface area contributed by atoms with Gasteiger partial charge in [0.05, 0.1) is 5.52 Å². The van der Waals surface area contributed by atoms with Gasteiger partial charge in [-0.05, 0) is 35.0 Å². The fourth-order valence-corrected chi connectivity index (χ4v) is 1.84. The van der Waals surface area contributed by atoms with E-state index in [4.69, 9.17) is 0 Å². The third-order valence-corrected chi connectivity index (χ3v) is 2.55. The minimum absolute atomic E-state index is 0.212. The molecule has 1 nitrogen and oxygen atoms in total. The van der Waals surface area contributed by atoms with E-state index in [1.165, 1.54) is 0 Å². The second-order valence-corrected chi connectivity index (χ2v) is 3.75. The van der Waals surface area contributed by atoms with Gasteiger partial charge in [-0.25, -0.2) is 8.78 Å². The van der Waals surface area contributed by atoms with Gasteiger partial charge in [0.15, 0.2) is 11.6 Å². The number of hydrogen-bond acceptors (Lipinski definition) is 0. The van der Waals surface area contributed by atoms with Crippen molar-refractivity contribution in [2.24, 2.45) is 0 Å². The van der Waals surface area contributed by atoms with Crippen LogP contribution in [0.5, 0.6) is 0 Å². The first-order valence-electron chi connectivity index (χ1n) is 3.72. The van der Waals surface area contributed by atoms with Crippen LogP contribution in [0.4, 0.5) is 8.78 Å². The van der Waals surface area contributed by atoms with Gasteiger partial charge < -0.3 is 4.98 Å². The summed E-state index contributed by atoms with van der Waals surface area (Å²) in [5, 5.41) is 0.663. The predicted molar refractivity (Wildman–Crippen MR) is 50.7 cm³/mol. The Hall–Kier alpha value is -0.900. The summed E-state index contributed by atoms with van der Waals surface area (Å²) in [5.41, 5.74) is 1.02. The molecule has 4 heteroatoms. The molecule has 0 aliphatic carbocycles. The highest BCUT2D eigenvalue weighted by atomic mass is 79.9. The lowest BCUT2D eigenvalue weighted by Gasteiger charge is -1.97. The Balaban J connectivity index is 2.95. The lowest BCUT2D eigenvalue weighted by molar-refractivity contribution is 0.515. The van der Waals surface area contributed by atoms with Crippen molar-refractivity contribution in [1.82, 2.24) is 4.98 Å². The molecule has 0 saturated carbocycles. The summed E-state index contributed by atoms with van der Waals surface area (Å²) in [5.74, 6) is -1.67. The Labute approximate surface area is 81.9 Å². The zero-order chi connectivity index (χ0) is 9.59. The van der Waals surface area contributed by atoms with Gasteiger partial charge in [-0.2, -0.15) is 0 Å². The Morgan fingerprint density at radius 1 is 1.31 bits per heavy atom. The van der Waals surface area contributed by atoms with Crippen LogP contribution in [-0.2, 0) is 0 Å². The minimum Gasteiger partial charge on any atom is -0.356 e. The number of nitrogens with one attached hydrogen (secondary N) is 1. The number of rotatable bonds is 0. The number of hydrogen-bond donors (Lipinski definition) is 1. The number of aryl methyl sites for hydroxylation is 1. The summed E-state index contributed by atoms with van der Waals surface area (Å²) in [4.78, 5) is 2.76. The van der Waals surface area contributed by atoms with Crippen molar-refractivity contribution in [3.8, 4) is 0 Å². The smallest absolute Gasteiger partial charge is 0.182 e. The van der Waals surface area contributed by atoms with E-state index in [1.54, 1.807) is 13.0 Å². The molecule has 0 fully saturated rings. The molecule has 0 unspecified atom stereocenters. The molecule has 1 aromatic carbocycles. The van der Waals surface area contributed by atoms with Gasteiger partial charge in [-0.15, -0.1) is 0 Å². The van der Waals surface area contributed by atoms with E-state index in [0.717, 1.165) is 11.8 Å². The standard InChI is InChI=1S/C9H6BrF2N/c1-4-2-5-6(10)3-7(11)8(12)9(5)13-4/h2-3,13H,1H3. The maximum Gasteiger partial charge on any atom is 0.182 e. The van der Waals surface area contributed by atoms with Crippen LogP contribution in [0.15, 0.2) is 16.6 Å². The molecule has 0 aliphatic heterocycles. The van der Waals surface area contributed by atoms with Crippen LogP contribution in [-0.4, -0.2) is 4.98 Å². The highest BCUT2D eigenvalue weighted by molar-refractivity contribution is 9.10. The van der Waals surface area contributed by atoms with E-state index in [2.05, 4.69) is 20.9 Å². The third kappa shape index (κ3) is 1.25. The zero-order valence-corrected chi connectivity index (χ0v) is 8.37. The SMILES string of the molecule is Cc1cc2c(Br)cc(F)c(F)c2[nH]1. The molecule has 1 aromatic heterocycles. The first-order chi connectivity index (χ1) is 6.09. The Morgan fingerprint density at radius 3 is 2.69 bits per heavy atom. The number of halogens is 3. The minimum atomic E-state index is -0.846. The predicted octanol–water partition coefficient (Wildman–Crippen LogP) is 3.52. The zero-order valence-electron chi connectivity index (χ0n) is 6.79. The molecule has 0 atom stereocenters. The van der Waals surface area contributed by atoms with Crippen LogP contribution in [0.3, 0.4) is 0 Å². The highest BCUT2D eigenvalue weighted by Gasteiger charge is 2.12. The van der Waals surface area contributed by atoms with Gasteiger partial charge in [-0.3, -0.25) is 0 Å². The van der Waals surface area contributed by atoms with Crippen LogP contribution < -0.4 is 0 Å². The molecule has 0 saturated heterocycles. The molecule has 13 heavy (non-hydrogen) atoms. The molecule has 0 amide bonds. The lowest BCUT2D eigenvalue weighted by Crippen LogP contribution is -1.86. The molecule has 0 spiro atoms. The first kappa shape index (κ1) is 8.69.